The van der Waals surface area contributed by atoms with E-state index >= 15 is 0 Å². The Balaban J connectivity index is 1.45. The van der Waals surface area contributed by atoms with Gasteiger partial charge in [-0.1, -0.05) is 66.4 Å². The molecule has 1 saturated heterocycles. The zero-order chi connectivity index (χ0) is 20.8. The van der Waals surface area contributed by atoms with Crippen molar-refractivity contribution >= 4 is 23.4 Å². The fourth-order valence-electron chi connectivity index (χ4n) is 3.90. The number of hydrogen-bond donors (Lipinski definition) is 1. The minimum absolute atomic E-state index is 0.511. The van der Waals surface area contributed by atoms with Gasteiger partial charge < -0.3 is 10.0 Å². The number of nitrogens with zero attached hydrogens (tertiary/aromatic N) is 2. The van der Waals surface area contributed by atoms with Crippen LogP contribution in [0.3, 0.4) is 0 Å². The molecule has 0 spiro atoms. The van der Waals surface area contributed by atoms with E-state index in [9.17, 15) is 9.90 Å². The zero-order valence-electron chi connectivity index (χ0n) is 16.9. The maximum Gasteiger partial charge on any atom is 0.321 e. The van der Waals surface area contributed by atoms with Crippen LogP contribution in [0.1, 0.15) is 5.56 Å². The van der Waals surface area contributed by atoms with Gasteiger partial charge in [-0.2, -0.15) is 0 Å². The minimum Gasteiger partial charge on any atom is -0.480 e. The Bertz CT molecular complexity index is 957. The molecule has 4 nitrogen and oxygen atoms in total. The molecule has 3 aromatic carbocycles. The minimum atomic E-state index is -0.748. The number of para-hydroxylation sites is 1. The van der Waals surface area contributed by atoms with Crippen molar-refractivity contribution in [2.75, 3.05) is 31.1 Å². The summed E-state index contributed by atoms with van der Waals surface area (Å²) in [6.07, 6.45) is 0.511. The first-order valence-electron chi connectivity index (χ1n) is 10.3. The Hall–Kier alpha value is -2.76. The first-order chi connectivity index (χ1) is 14.7. The van der Waals surface area contributed by atoms with Crippen LogP contribution in [0.2, 0.25) is 0 Å². The third-order valence-electron chi connectivity index (χ3n) is 5.52. The van der Waals surface area contributed by atoms with E-state index in [0.29, 0.717) is 6.42 Å². The van der Waals surface area contributed by atoms with E-state index in [1.54, 1.807) is 11.8 Å². The summed E-state index contributed by atoms with van der Waals surface area (Å²) in [6.45, 7) is 3.18. The van der Waals surface area contributed by atoms with Crippen molar-refractivity contribution in [3.05, 3.63) is 90.5 Å². The van der Waals surface area contributed by atoms with E-state index in [2.05, 4.69) is 46.2 Å². The number of carboxylic acids is 1. The van der Waals surface area contributed by atoms with Gasteiger partial charge in [0.25, 0.3) is 0 Å². The van der Waals surface area contributed by atoms with Crippen molar-refractivity contribution in [1.29, 1.82) is 0 Å². The van der Waals surface area contributed by atoms with Gasteiger partial charge in [0.1, 0.15) is 6.04 Å². The van der Waals surface area contributed by atoms with E-state index in [4.69, 9.17) is 0 Å². The molecule has 1 atom stereocenters. The molecule has 0 aliphatic carbocycles. The van der Waals surface area contributed by atoms with Crippen LogP contribution in [0, 0.1) is 0 Å². The summed E-state index contributed by atoms with van der Waals surface area (Å²) in [4.78, 5) is 18.9. The Morgan fingerprint density at radius 3 is 2.10 bits per heavy atom. The first-order valence-corrected chi connectivity index (χ1v) is 11.1. The molecule has 0 radical (unpaired) electrons. The topological polar surface area (TPSA) is 43.8 Å². The lowest BCUT2D eigenvalue weighted by molar-refractivity contribution is -0.143. The molecule has 30 heavy (non-hydrogen) atoms. The van der Waals surface area contributed by atoms with Crippen molar-refractivity contribution in [2.45, 2.75) is 22.3 Å². The Morgan fingerprint density at radius 1 is 0.833 bits per heavy atom. The molecule has 5 heteroatoms. The highest BCUT2D eigenvalue weighted by molar-refractivity contribution is 7.99. The molecule has 1 fully saturated rings. The number of aliphatic carboxylic acids is 1. The van der Waals surface area contributed by atoms with Gasteiger partial charge in [0.15, 0.2) is 0 Å². The van der Waals surface area contributed by atoms with Crippen LogP contribution in [0.25, 0.3) is 0 Å². The standard InChI is InChI=1S/C25H26N2O2S/c28-25(29)23(27-17-15-26(16-18-27)21-10-3-1-4-11-21)19-20-9-7-8-14-24(20)30-22-12-5-2-6-13-22/h1-14,23H,15-19H2,(H,28,29)/t23-/m1/s1. The van der Waals surface area contributed by atoms with E-state index in [-0.39, 0.29) is 0 Å². The highest BCUT2D eigenvalue weighted by atomic mass is 32.2. The first kappa shape index (κ1) is 20.5. The average Bonchev–Trinajstić information content (AvgIpc) is 2.80. The summed E-state index contributed by atoms with van der Waals surface area (Å²) in [5.74, 6) is -0.748. The fourth-order valence-corrected chi connectivity index (χ4v) is 4.88. The summed E-state index contributed by atoms with van der Waals surface area (Å²) >= 11 is 1.69. The second-order valence-electron chi connectivity index (χ2n) is 7.44. The lowest BCUT2D eigenvalue weighted by Gasteiger charge is -2.39. The molecule has 0 unspecified atom stereocenters. The second kappa shape index (κ2) is 9.83. The van der Waals surface area contributed by atoms with Gasteiger partial charge in [0.05, 0.1) is 0 Å². The number of rotatable bonds is 7. The van der Waals surface area contributed by atoms with Crippen LogP contribution in [-0.4, -0.2) is 48.2 Å². The molecule has 3 aromatic rings. The number of carbonyl (C=O) groups is 1. The highest BCUT2D eigenvalue weighted by Crippen LogP contribution is 2.31. The number of hydrogen-bond acceptors (Lipinski definition) is 4. The van der Waals surface area contributed by atoms with Gasteiger partial charge in [-0.05, 0) is 42.3 Å². The third-order valence-corrected chi connectivity index (χ3v) is 6.64. The summed E-state index contributed by atoms with van der Waals surface area (Å²) in [5, 5.41) is 9.99. The summed E-state index contributed by atoms with van der Waals surface area (Å²) in [6, 6.07) is 28.2. The Morgan fingerprint density at radius 2 is 1.43 bits per heavy atom. The SMILES string of the molecule is O=C(O)[C@@H](Cc1ccccc1Sc1ccccc1)N1CCN(c2ccccc2)CC1. The van der Waals surface area contributed by atoms with Gasteiger partial charge in [-0.15, -0.1) is 0 Å². The quantitative estimate of drug-likeness (QED) is 0.605. The molecule has 1 heterocycles. The van der Waals surface area contributed by atoms with Gasteiger partial charge >= 0.3 is 5.97 Å². The predicted molar refractivity (Wildman–Crippen MR) is 122 cm³/mol. The van der Waals surface area contributed by atoms with Crippen molar-refractivity contribution in [1.82, 2.24) is 4.90 Å². The van der Waals surface area contributed by atoms with Crippen molar-refractivity contribution in [3.8, 4) is 0 Å². The summed E-state index contributed by atoms with van der Waals surface area (Å²) < 4.78 is 0. The average molecular weight is 419 g/mol. The summed E-state index contributed by atoms with van der Waals surface area (Å²) in [5.41, 5.74) is 2.29. The summed E-state index contributed by atoms with van der Waals surface area (Å²) in [7, 11) is 0. The number of benzene rings is 3. The van der Waals surface area contributed by atoms with Crippen molar-refractivity contribution in [3.63, 3.8) is 0 Å². The van der Waals surface area contributed by atoms with Crippen LogP contribution in [-0.2, 0) is 11.2 Å². The molecule has 154 valence electrons. The van der Waals surface area contributed by atoms with Crippen LogP contribution in [0.15, 0.2) is 94.7 Å². The van der Waals surface area contributed by atoms with Crippen molar-refractivity contribution in [2.24, 2.45) is 0 Å². The Kier molecular flexibility index (Phi) is 6.72. The lowest BCUT2D eigenvalue weighted by atomic mass is 10.0. The molecular weight excluding hydrogens is 392 g/mol. The van der Waals surface area contributed by atoms with Gasteiger partial charge in [-0.25, -0.2) is 0 Å². The van der Waals surface area contributed by atoms with Crippen LogP contribution < -0.4 is 4.90 Å². The predicted octanol–water partition coefficient (Wildman–Crippen LogP) is 4.66. The maximum absolute atomic E-state index is 12.2. The molecule has 1 N–H and O–H groups in total. The number of anilines is 1. The van der Waals surface area contributed by atoms with Crippen LogP contribution in [0.4, 0.5) is 5.69 Å². The van der Waals surface area contributed by atoms with E-state index in [0.717, 1.165) is 41.5 Å². The van der Waals surface area contributed by atoms with Gasteiger partial charge in [0, 0.05) is 41.7 Å². The largest absolute Gasteiger partial charge is 0.480 e. The maximum atomic E-state index is 12.2. The van der Waals surface area contributed by atoms with Gasteiger partial charge in [0.2, 0.25) is 0 Å². The van der Waals surface area contributed by atoms with Crippen LogP contribution in [0.5, 0.6) is 0 Å². The fraction of sp³-hybridized carbons (Fsp3) is 0.240. The van der Waals surface area contributed by atoms with E-state index in [1.807, 2.05) is 48.5 Å². The molecule has 1 aliphatic heterocycles. The van der Waals surface area contributed by atoms with E-state index in [1.165, 1.54) is 5.69 Å². The van der Waals surface area contributed by atoms with Crippen molar-refractivity contribution < 1.29 is 9.90 Å². The van der Waals surface area contributed by atoms with E-state index < -0.39 is 12.0 Å². The van der Waals surface area contributed by atoms with Crippen LogP contribution >= 0.6 is 11.8 Å². The third kappa shape index (κ3) is 5.04. The molecule has 1 aliphatic rings. The normalized spacial score (nSPS) is 15.7. The van der Waals surface area contributed by atoms with Gasteiger partial charge in [-0.3, -0.25) is 9.69 Å². The zero-order valence-corrected chi connectivity index (χ0v) is 17.7. The number of carboxylic acid groups (broad SMARTS) is 1. The smallest absolute Gasteiger partial charge is 0.321 e. The molecular formula is C25H26N2O2S. The Labute approximate surface area is 182 Å². The monoisotopic (exact) mass is 418 g/mol. The highest BCUT2D eigenvalue weighted by Gasteiger charge is 2.29. The molecule has 0 amide bonds. The molecule has 0 bridgehead atoms. The lowest BCUT2D eigenvalue weighted by Crippen LogP contribution is -2.53. The number of piperazine rings is 1. The second-order valence-corrected chi connectivity index (χ2v) is 8.55. The molecule has 4 rings (SSSR count). The molecule has 0 saturated carbocycles. The molecule has 0 aromatic heterocycles.